The Hall–Kier alpha value is -2.23. The van der Waals surface area contributed by atoms with Crippen LogP contribution in [0.3, 0.4) is 0 Å². The highest BCUT2D eigenvalue weighted by molar-refractivity contribution is 5.60. The van der Waals surface area contributed by atoms with Crippen molar-refractivity contribution in [3.05, 3.63) is 53.8 Å². The molecule has 2 heterocycles. The van der Waals surface area contributed by atoms with Crippen molar-refractivity contribution < 1.29 is 9.13 Å². The summed E-state index contributed by atoms with van der Waals surface area (Å²) in [4.78, 5) is 2.22. The van der Waals surface area contributed by atoms with Crippen LogP contribution in [0.1, 0.15) is 5.56 Å². The average Bonchev–Trinajstić information content (AvgIpc) is 2.89. The zero-order chi connectivity index (χ0) is 14.2. The Morgan fingerprint density at radius 3 is 3.10 bits per heavy atom. The van der Waals surface area contributed by atoms with Gasteiger partial charge < -0.3 is 15.0 Å². The fraction of sp³-hybridized carbons (Fsp3) is 0.294. The lowest BCUT2D eigenvalue weighted by molar-refractivity contribution is 0.211. The van der Waals surface area contributed by atoms with Crippen molar-refractivity contribution in [3.63, 3.8) is 0 Å². The second-order valence-corrected chi connectivity index (χ2v) is 5.59. The third-order valence-electron chi connectivity index (χ3n) is 4.16. The van der Waals surface area contributed by atoms with Gasteiger partial charge in [-0.1, -0.05) is 18.2 Å². The van der Waals surface area contributed by atoms with E-state index < -0.39 is 0 Å². The molecule has 1 unspecified atom stereocenters. The molecule has 0 fully saturated rings. The fourth-order valence-electron chi connectivity index (χ4n) is 3.12. The molecule has 108 valence electrons. The SMILES string of the molecule is Fc1ccc2c(c1)N(CC1CNc3ccccc3O1)CC2. The molecule has 0 aliphatic carbocycles. The second-order valence-electron chi connectivity index (χ2n) is 5.59. The molecule has 0 spiro atoms. The fourth-order valence-corrected chi connectivity index (χ4v) is 3.12. The van der Waals surface area contributed by atoms with Crippen LogP contribution in [0.5, 0.6) is 5.75 Å². The van der Waals surface area contributed by atoms with E-state index in [9.17, 15) is 4.39 Å². The van der Waals surface area contributed by atoms with Gasteiger partial charge in [-0.05, 0) is 36.2 Å². The summed E-state index contributed by atoms with van der Waals surface area (Å²) in [5.74, 6) is 0.723. The zero-order valence-corrected chi connectivity index (χ0v) is 11.7. The first-order chi connectivity index (χ1) is 10.3. The minimum Gasteiger partial charge on any atom is -0.485 e. The summed E-state index contributed by atoms with van der Waals surface area (Å²) in [7, 11) is 0. The Balaban J connectivity index is 1.51. The van der Waals surface area contributed by atoms with E-state index in [4.69, 9.17) is 4.74 Å². The number of rotatable bonds is 2. The van der Waals surface area contributed by atoms with Gasteiger partial charge in [0.25, 0.3) is 0 Å². The summed E-state index contributed by atoms with van der Waals surface area (Å²) in [5.41, 5.74) is 3.28. The van der Waals surface area contributed by atoms with Crippen LogP contribution in [-0.2, 0) is 6.42 Å². The summed E-state index contributed by atoms with van der Waals surface area (Å²) in [6.07, 6.45) is 1.06. The highest BCUT2D eigenvalue weighted by Crippen LogP contribution is 2.32. The monoisotopic (exact) mass is 284 g/mol. The Labute approximate surface area is 123 Å². The number of nitrogens with one attached hydrogen (secondary N) is 1. The van der Waals surface area contributed by atoms with Gasteiger partial charge in [-0.2, -0.15) is 0 Å². The first-order valence-electron chi connectivity index (χ1n) is 7.32. The largest absolute Gasteiger partial charge is 0.485 e. The van der Waals surface area contributed by atoms with Gasteiger partial charge >= 0.3 is 0 Å². The lowest BCUT2D eigenvalue weighted by Gasteiger charge is -2.31. The third kappa shape index (κ3) is 2.31. The molecular weight excluding hydrogens is 267 g/mol. The van der Waals surface area contributed by atoms with Crippen LogP contribution in [0.15, 0.2) is 42.5 Å². The number of hydrogen-bond donors (Lipinski definition) is 1. The Morgan fingerprint density at radius 2 is 2.14 bits per heavy atom. The van der Waals surface area contributed by atoms with E-state index in [-0.39, 0.29) is 11.9 Å². The van der Waals surface area contributed by atoms with E-state index in [0.717, 1.165) is 43.2 Å². The highest BCUT2D eigenvalue weighted by Gasteiger charge is 2.26. The van der Waals surface area contributed by atoms with Crippen molar-refractivity contribution in [3.8, 4) is 5.75 Å². The molecule has 0 saturated heterocycles. The van der Waals surface area contributed by atoms with Crippen LogP contribution >= 0.6 is 0 Å². The number of hydrogen-bond acceptors (Lipinski definition) is 3. The molecule has 0 radical (unpaired) electrons. The molecular formula is C17H17FN2O. The minimum atomic E-state index is -0.173. The van der Waals surface area contributed by atoms with E-state index in [2.05, 4.69) is 10.2 Å². The van der Waals surface area contributed by atoms with E-state index in [1.165, 1.54) is 11.6 Å². The first-order valence-corrected chi connectivity index (χ1v) is 7.32. The third-order valence-corrected chi connectivity index (χ3v) is 4.16. The van der Waals surface area contributed by atoms with Gasteiger partial charge in [-0.25, -0.2) is 4.39 Å². The van der Waals surface area contributed by atoms with Crippen LogP contribution in [0.4, 0.5) is 15.8 Å². The number of benzene rings is 2. The highest BCUT2D eigenvalue weighted by atomic mass is 19.1. The van der Waals surface area contributed by atoms with E-state index >= 15 is 0 Å². The van der Waals surface area contributed by atoms with E-state index in [1.54, 1.807) is 6.07 Å². The van der Waals surface area contributed by atoms with E-state index in [0.29, 0.717) is 0 Å². The van der Waals surface area contributed by atoms with Crippen molar-refractivity contribution in [1.82, 2.24) is 0 Å². The molecule has 2 aromatic rings. The van der Waals surface area contributed by atoms with Gasteiger partial charge in [-0.15, -0.1) is 0 Å². The Morgan fingerprint density at radius 1 is 1.24 bits per heavy atom. The Bertz CT molecular complexity index is 674. The first kappa shape index (κ1) is 12.5. The molecule has 1 N–H and O–H groups in total. The molecule has 0 aromatic heterocycles. The van der Waals surface area contributed by atoms with Crippen LogP contribution in [0.2, 0.25) is 0 Å². The van der Waals surface area contributed by atoms with Crippen molar-refractivity contribution in [1.29, 1.82) is 0 Å². The topological polar surface area (TPSA) is 24.5 Å². The average molecular weight is 284 g/mol. The number of anilines is 2. The summed E-state index contributed by atoms with van der Waals surface area (Å²) in [5, 5.41) is 3.40. The summed E-state index contributed by atoms with van der Waals surface area (Å²) >= 11 is 0. The van der Waals surface area contributed by atoms with Gasteiger partial charge in [0.1, 0.15) is 17.7 Å². The van der Waals surface area contributed by atoms with Crippen molar-refractivity contribution in [2.45, 2.75) is 12.5 Å². The standard InChI is InChI=1S/C17H17FN2O/c18-13-6-5-12-7-8-20(16(12)9-13)11-14-10-19-15-3-1-2-4-17(15)21-14/h1-6,9,14,19H,7-8,10-11H2. The van der Waals surface area contributed by atoms with E-state index in [1.807, 2.05) is 30.3 Å². The molecule has 4 rings (SSSR count). The van der Waals surface area contributed by atoms with Crippen LogP contribution in [0, 0.1) is 5.82 Å². The van der Waals surface area contributed by atoms with Crippen LogP contribution in [-0.4, -0.2) is 25.7 Å². The lowest BCUT2D eigenvalue weighted by Crippen LogP contribution is -2.41. The second kappa shape index (κ2) is 4.95. The molecule has 0 saturated carbocycles. The zero-order valence-electron chi connectivity index (χ0n) is 11.7. The van der Waals surface area contributed by atoms with Gasteiger partial charge in [0, 0.05) is 12.2 Å². The van der Waals surface area contributed by atoms with Crippen LogP contribution < -0.4 is 15.0 Å². The smallest absolute Gasteiger partial charge is 0.143 e. The van der Waals surface area contributed by atoms with Crippen LogP contribution in [0.25, 0.3) is 0 Å². The number of fused-ring (bicyclic) bond motifs is 2. The van der Waals surface area contributed by atoms with Gasteiger partial charge in [0.15, 0.2) is 0 Å². The predicted octanol–water partition coefficient (Wildman–Crippen LogP) is 3.06. The van der Waals surface area contributed by atoms with Crippen molar-refractivity contribution in [2.75, 3.05) is 29.9 Å². The maximum absolute atomic E-state index is 13.4. The lowest BCUT2D eigenvalue weighted by atomic mass is 10.1. The summed E-state index contributed by atoms with van der Waals surface area (Å²) in [6.45, 7) is 2.48. The van der Waals surface area contributed by atoms with Crippen molar-refractivity contribution in [2.24, 2.45) is 0 Å². The maximum Gasteiger partial charge on any atom is 0.143 e. The van der Waals surface area contributed by atoms with Gasteiger partial charge in [0.05, 0.1) is 18.8 Å². The molecule has 0 amide bonds. The molecule has 0 bridgehead atoms. The molecule has 3 nitrogen and oxygen atoms in total. The number of ether oxygens (including phenoxy) is 1. The summed E-state index contributed by atoms with van der Waals surface area (Å²) < 4.78 is 19.5. The molecule has 2 aliphatic heterocycles. The quantitative estimate of drug-likeness (QED) is 0.917. The molecule has 1 atom stereocenters. The number of halogens is 1. The molecule has 2 aliphatic rings. The minimum absolute atomic E-state index is 0.0779. The maximum atomic E-state index is 13.4. The Kier molecular flexibility index (Phi) is 2.95. The normalized spacial score (nSPS) is 19.5. The number of nitrogens with zero attached hydrogens (tertiary/aromatic N) is 1. The molecule has 21 heavy (non-hydrogen) atoms. The molecule has 4 heteroatoms. The van der Waals surface area contributed by atoms with Crippen molar-refractivity contribution >= 4 is 11.4 Å². The predicted molar refractivity (Wildman–Crippen MR) is 81.7 cm³/mol. The summed E-state index contributed by atoms with van der Waals surface area (Å²) in [6, 6.07) is 13.0. The molecule has 2 aromatic carbocycles. The number of para-hydroxylation sites is 2. The van der Waals surface area contributed by atoms with Gasteiger partial charge in [-0.3, -0.25) is 0 Å². The van der Waals surface area contributed by atoms with Gasteiger partial charge in [0.2, 0.25) is 0 Å².